The number of amides is 2. The third-order valence-electron chi connectivity index (χ3n) is 2.30. The van der Waals surface area contributed by atoms with Crippen LogP contribution in [0.15, 0.2) is 6.20 Å². The van der Waals surface area contributed by atoms with E-state index < -0.39 is 6.09 Å². The SMILES string of the molecule is CNCc1cn(CC(=O)N2CCOC2=O)nn1. The Morgan fingerprint density at radius 1 is 1.65 bits per heavy atom. The number of nitrogens with one attached hydrogen (secondary N) is 1. The van der Waals surface area contributed by atoms with Crippen molar-refractivity contribution in [2.75, 3.05) is 20.2 Å². The van der Waals surface area contributed by atoms with E-state index >= 15 is 0 Å². The standard InChI is InChI=1S/C9H13N5O3/c1-10-4-7-5-13(12-11-7)6-8(15)14-2-3-17-9(14)16/h5,10H,2-4,6H2,1H3. The second-order valence-electron chi connectivity index (χ2n) is 3.60. The van der Waals surface area contributed by atoms with Crippen LogP contribution in [0.2, 0.25) is 0 Å². The molecule has 0 radical (unpaired) electrons. The summed E-state index contributed by atoms with van der Waals surface area (Å²) in [5, 5.41) is 10.6. The molecule has 2 amide bonds. The molecule has 2 heterocycles. The Balaban J connectivity index is 1.95. The number of aromatic nitrogens is 3. The topological polar surface area (TPSA) is 89.4 Å². The second kappa shape index (κ2) is 4.91. The minimum atomic E-state index is -0.592. The number of hydrogen-bond acceptors (Lipinski definition) is 6. The summed E-state index contributed by atoms with van der Waals surface area (Å²) in [6, 6.07) is 0. The minimum absolute atomic E-state index is 0.00812. The van der Waals surface area contributed by atoms with Crippen LogP contribution < -0.4 is 5.32 Å². The Kier molecular flexibility index (Phi) is 3.33. The number of nitrogens with zero attached hydrogens (tertiary/aromatic N) is 4. The number of imide groups is 1. The highest BCUT2D eigenvalue weighted by Gasteiger charge is 2.28. The predicted molar refractivity (Wildman–Crippen MR) is 55.8 cm³/mol. The van der Waals surface area contributed by atoms with Gasteiger partial charge in [-0.25, -0.2) is 14.4 Å². The number of carbonyl (C=O) groups is 2. The average molecular weight is 239 g/mol. The first-order chi connectivity index (χ1) is 8.20. The molecule has 1 N–H and O–H groups in total. The summed E-state index contributed by atoms with van der Waals surface area (Å²) in [5.41, 5.74) is 0.740. The Labute approximate surface area is 97.5 Å². The lowest BCUT2D eigenvalue weighted by atomic mass is 10.4. The van der Waals surface area contributed by atoms with Gasteiger partial charge in [0.2, 0.25) is 0 Å². The summed E-state index contributed by atoms with van der Waals surface area (Å²) < 4.78 is 6.08. The summed E-state index contributed by atoms with van der Waals surface area (Å²) >= 11 is 0. The van der Waals surface area contributed by atoms with Crippen molar-refractivity contribution in [2.45, 2.75) is 13.1 Å². The average Bonchev–Trinajstić information content (AvgIpc) is 2.88. The van der Waals surface area contributed by atoms with Gasteiger partial charge in [0.15, 0.2) is 0 Å². The largest absolute Gasteiger partial charge is 0.447 e. The van der Waals surface area contributed by atoms with Gasteiger partial charge in [0.05, 0.1) is 18.4 Å². The van der Waals surface area contributed by atoms with Crippen molar-refractivity contribution in [1.29, 1.82) is 0 Å². The fraction of sp³-hybridized carbons (Fsp3) is 0.556. The predicted octanol–water partition coefficient (Wildman–Crippen LogP) is -1.02. The molecule has 0 atom stereocenters. The van der Waals surface area contributed by atoms with Crippen molar-refractivity contribution >= 4 is 12.0 Å². The van der Waals surface area contributed by atoms with Crippen LogP contribution in [0.5, 0.6) is 0 Å². The molecule has 1 aromatic rings. The van der Waals surface area contributed by atoms with E-state index in [1.165, 1.54) is 4.68 Å². The van der Waals surface area contributed by atoms with E-state index in [9.17, 15) is 9.59 Å². The van der Waals surface area contributed by atoms with Gasteiger partial charge < -0.3 is 10.1 Å². The molecule has 0 bridgehead atoms. The molecule has 0 unspecified atom stereocenters. The normalized spacial score (nSPS) is 15.1. The second-order valence-corrected chi connectivity index (χ2v) is 3.60. The van der Waals surface area contributed by atoms with E-state index in [0.717, 1.165) is 10.6 Å². The molecule has 8 nitrogen and oxygen atoms in total. The van der Waals surface area contributed by atoms with E-state index in [1.807, 2.05) is 0 Å². The summed E-state index contributed by atoms with van der Waals surface area (Å²) in [6.45, 7) is 1.13. The van der Waals surface area contributed by atoms with Gasteiger partial charge in [-0.3, -0.25) is 4.79 Å². The number of cyclic esters (lactones) is 1. The summed E-state index contributed by atoms with van der Waals surface area (Å²) in [4.78, 5) is 23.9. The molecule has 0 aromatic carbocycles. The first-order valence-corrected chi connectivity index (χ1v) is 5.21. The fourth-order valence-electron chi connectivity index (χ4n) is 1.52. The molecule has 0 spiro atoms. The number of rotatable bonds is 4. The minimum Gasteiger partial charge on any atom is -0.447 e. The lowest BCUT2D eigenvalue weighted by Crippen LogP contribution is -2.34. The van der Waals surface area contributed by atoms with E-state index in [0.29, 0.717) is 13.1 Å². The Bertz CT molecular complexity index is 430. The van der Waals surface area contributed by atoms with E-state index in [-0.39, 0.29) is 19.1 Å². The molecule has 1 fully saturated rings. The zero-order valence-electron chi connectivity index (χ0n) is 9.42. The van der Waals surface area contributed by atoms with Crippen molar-refractivity contribution < 1.29 is 14.3 Å². The number of hydrogen-bond donors (Lipinski definition) is 1. The molecule has 8 heteroatoms. The lowest BCUT2D eigenvalue weighted by molar-refractivity contribution is -0.128. The number of ether oxygens (including phenoxy) is 1. The Morgan fingerprint density at radius 3 is 3.12 bits per heavy atom. The van der Waals surface area contributed by atoms with Crippen LogP contribution in [0.25, 0.3) is 0 Å². The Hall–Kier alpha value is -1.96. The molecule has 1 aromatic heterocycles. The van der Waals surface area contributed by atoms with Crippen LogP contribution in [-0.4, -0.2) is 52.1 Å². The zero-order chi connectivity index (χ0) is 12.3. The number of carbonyl (C=O) groups excluding carboxylic acids is 2. The van der Waals surface area contributed by atoms with Crippen LogP contribution in [0.4, 0.5) is 4.79 Å². The first-order valence-electron chi connectivity index (χ1n) is 5.21. The summed E-state index contributed by atoms with van der Waals surface area (Å²) in [6.07, 6.45) is 1.07. The smallest absolute Gasteiger partial charge is 0.416 e. The van der Waals surface area contributed by atoms with E-state index in [2.05, 4.69) is 20.4 Å². The third-order valence-corrected chi connectivity index (χ3v) is 2.30. The highest BCUT2D eigenvalue weighted by atomic mass is 16.6. The van der Waals surface area contributed by atoms with Crippen molar-refractivity contribution in [1.82, 2.24) is 25.2 Å². The lowest BCUT2D eigenvalue weighted by Gasteiger charge is -2.09. The van der Waals surface area contributed by atoms with Gasteiger partial charge in [-0.05, 0) is 7.05 Å². The zero-order valence-corrected chi connectivity index (χ0v) is 9.42. The molecule has 0 aliphatic carbocycles. The van der Waals surface area contributed by atoms with Crippen molar-refractivity contribution in [3.63, 3.8) is 0 Å². The molecule has 1 saturated heterocycles. The molecule has 0 saturated carbocycles. The van der Waals surface area contributed by atoms with Gasteiger partial charge in [-0.15, -0.1) is 5.10 Å². The maximum absolute atomic E-state index is 11.7. The highest BCUT2D eigenvalue weighted by molar-refractivity contribution is 5.92. The van der Waals surface area contributed by atoms with Crippen LogP contribution in [-0.2, 0) is 22.6 Å². The molecular formula is C9H13N5O3. The quantitative estimate of drug-likeness (QED) is 0.723. The monoisotopic (exact) mass is 239 g/mol. The molecular weight excluding hydrogens is 226 g/mol. The van der Waals surface area contributed by atoms with E-state index in [4.69, 9.17) is 0 Å². The first kappa shape index (κ1) is 11.5. The molecule has 1 aliphatic rings. The van der Waals surface area contributed by atoms with Crippen LogP contribution in [0.1, 0.15) is 5.69 Å². The van der Waals surface area contributed by atoms with Gasteiger partial charge in [-0.2, -0.15) is 0 Å². The fourth-order valence-corrected chi connectivity index (χ4v) is 1.52. The highest BCUT2D eigenvalue weighted by Crippen LogP contribution is 2.04. The van der Waals surface area contributed by atoms with Crippen LogP contribution in [0.3, 0.4) is 0 Å². The van der Waals surface area contributed by atoms with Crippen molar-refractivity contribution in [2.24, 2.45) is 0 Å². The molecule has 17 heavy (non-hydrogen) atoms. The van der Waals surface area contributed by atoms with Crippen LogP contribution >= 0.6 is 0 Å². The molecule has 1 aliphatic heterocycles. The maximum atomic E-state index is 11.7. The van der Waals surface area contributed by atoms with Crippen LogP contribution in [0, 0.1) is 0 Å². The third kappa shape index (κ3) is 2.59. The maximum Gasteiger partial charge on any atom is 0.416 e. The van der Waals surface area contributed by atoms with Crippen molar-refractivity contribution in [3.8, 4) is 0 Å². The van der Waals surface area contributed by atoms with Gasteiger partial charge in [0.1, 0.15) is 13.2 Å². The summed E-state index contributed by atoms with van der Waals surface area (Å²) in [5.74, 6) is -0.339. The van der Waals surface area contributed by atoms with Gasteiger partial charge in [0, 0.05) is 6.54 Å². The van der Waals surface area contributed by atoms with E-state index in [1.54, 1.807) is 13.2 Å². The van der Waals surface area contributed by atoms with Gasteiger partial charge in [-0.1, -0.05) is 5.21 Å². The van der Waals surface area contributed by atoms with Crippen molar-refractivity contribution in [3.05, 3.63) is 11.9 Å². The summed E-state index contributed by atoms with van der Waals surface area (Å²) in [7, 11) is 1.80. The Morgan fingerprint density at radius 2 is 2.47 bits per heavy atom. The molecule has 2 rings (SSSR count). The molecule has 92 valence electrons. The van der Waals surface area contributed by atoms with Gasteiger partial charge >= 0.3 is 6.09 Å². The van der Waals surface area contributed by atoms with Gasteiger partial charge in [0.25, 0.3) is 5.91 Å².